The number of hydrogen-bond acceptors (Lipinski definition) is 4. The molecule has 1 aliphatic rings. The number of aryl methyl sites for hydroxylation is 1. The second-order valence-electron chi connectivity index (χ2n) is 7.32. The van der Waals surface area contributed by atoms with Gasteiger partial charge in [-0.05, 0) is 49.2 Å². The maximum Gasteiger partial charge on any atom is 0.274 e. The predicted octanol–water partition coefficient (Wildman–Crippen LogP) is 4.47. The van der Waals surface area contributed by atoms with Crippen LogP contribution in [-0.2, 0) is 13.0 Å². The van der Waals surface area contributed by atoms with Gasteiger partial charge in [-0.2, -0.15) is 0 Å². The Hall–Kier alpha value is -3.54. The summed E-state index contributed by atoms with van der Waals surface area (Å²) in [5.41, 5.74) is 2.94. The number of nitrogens with one attached hydrogen (secondary N) is 1. The van der Waals surface area contributed by atoms with Gasteiger partial charge in [0, 0.05) is 29.6 Å². The zero-order chi connectivity index (χ0) is 19.6. The van der Waals surface area contributed by atoms with E-state index in [4.69, 9.17) is 0 Å². The molecule has 1 aliphatic heterocycles. The minimum atomic E-state index is -0.222. The van der Waals surface area contributed by atoms with Crippen LogP contribution in [0, 0.1) is 0 Å². The van der Waals surface area contributed by atoms with Crippen LogP contribution in [0.3, 0.4) is 0 Å². The van der Waals surface area contributed by atoms with Crippen molar-refractivity contribution in [3.63, 3.8) is 0 Å². The van der Waals surface area contributed by atoms with E-state index in [1.54, 1.807) is 6.07 Å². The van der Waals surface area contributed by atoms with Crippen molar-refractivity contribution in [2.75, 3.05) is 5.32 Å². The van der Waals surface area contributed by atoms with Gasteiger partial charge in [0.05, 0.1) is 5.52 Å². The molecule has 3 heterocycles. The van der Waals surface area contributed by atoms with Crippen LogP contribution < -0.4 is 5.32 Å². The van der Waals surface area contributed by atoms with Gasteiger partial charge in [-0.25, -0.2) is 4.98 Å². The number of carbonyl (C=O) groups excluding carboxylic acids is 1. The van der Waals surface area contributed by atoms with E-state index in [1.807, 2.05) is 54.6 Å². The Balaban J connectivity index is 1.35. The summed E-state index contributed by atoms with van der Waals surface area (Å²) in [5, 5.41) is 12.7. The molecule has 2 aromatic carbocycles. The first kappa shape index (κ1) is 17.6. The van der Waals surface area contributed by atoms with Gasteiger partial charge in [0.2, 0.25) is 0 Å². The van der Waals surface area contributed by atoms with Crippen LogP contribution in [0.2, 0.25) is 0 Å². The summed E-state index contributed by atoms with van der Waals surface area (Å²) in [6.45, 7) is 0.962. The van der Waals surface area contributed by atoms with Gasteiger partial charge >= 0.3 is 0 Å². The van der Waals surface area contributed by atoms with Crippen LogP contribution in [0.1, 0.15) is 35.6 Å². The molecule has 0 spiro atoms. The van der Waals surface area contributed by atoms with Crippen LogP contribution in [0.5, 0.6) is 0 Å². The van der Waals surface area contributed by atoms with Crippen LogP contribution in [-0.4, -0.2) is 25.7 Å². The van der Waals surface area contributed by atoms with E-state index in [0.29, 0.717) is 5.69 Å². The highest BCUT2D eigenvalue weighted by Crippen LogP contribution is 2.24. The van der Waals surface area contributed by atoms with Crippen molar-refractivity contribution in [2.24, 2.45) is 0 Å². The molecule has 4 aromatic rings. The van der Waals surface area contributed by atoms with E-state index in [0.717, 1.165) is 53.2 Å². The Bertz CT molecular complexity index is 1180. The average molecular weight is 383 g/mol. The number of benzene rings is 2. The predicted molar refractivity (Wildman–Crippen MR) is 113 cm³/mol. The fraction of sp³-hybridized carbons (Fsp3) is 0.217. The summed E-state index contributed by atoms with van der Waals surface area (Å²) in [6, 6.07) is 19.2. The summed E-state index contributed by atoms with van der Waals surface area (Å²) in [6.07, 6.45) is 4.55. The monoisotopic (exact) mass is 383 g/mol. The lowest BCUT2D eigenvalue weighted by Gasteiger charge is -2.09. The van der Waals surface area contributed by atoms with Crippen LogP contribution in [0.15, 0.2) is 60.7 Å². The maximum absolute atomic E-state index is 12.6. The number of rotatable bonds is 3. The van der Waals surface area contributed by atoms with E-state index in [9.17, 15) is 4.79 Å². The Labute approximate surface area is 168 Å². The molecular formula is C23H21N5O. The highest BCUT2D eigenvalue weighted by molar-refractivity contribution is 6.04. The lowest BCUT2D eigenvalue weighted by atomic mass is 10.1. The molecular weight excluding hydrogens is 362 g/mol. The molecule has 2 aromatic heterocycles. The third kappa shape index (κ3) is 3.49. The van der Waals surface area contributed by atoms with Crippen molar-refractivity contribution in [3.8, 4) is 11.4 Å². The van der Waals surface area contributed by atoms with Crippen molar-refractivity contribution in [1.82, 2.24) is 19.7 Å². The second-order valence-corrected chi connectivity index (χ2v) is 7.32. The minimum Gasteiger partial charge on any atom is -0.321 e. The molecule has 0 unspecified atom stereocenters. The molecule has 0 atom stereocenters. The van der Waals surface area contributed by atoms with Crippen molar-refractivity contribution in [2.45, 2.75) is 32.2 Å². The molecule has 6 heteroatoms. The molecule has 1 amide bonds. The molecule has 1 N–H and O–H groups in total. The van der Waals surface area contributed by atoms with E-state index < -0.39 is 0 Å². The quantitative estimate of drug-likeness (QED) is 0.566. The van der Waals surface area contributed by atoms with Gasteiger partial charge in [-0.1, -0.05) is 30.7 Å². The number of anilines is 1. The molecule has 0 bridgehead atoms. The Morgan fingerprint density at radius 1 is 0.897 bits per heavy atom. The topological polar surface area (TPSA) is 72.7 Å². The van der Waals surface area contributed by atoms with Gasteiger partial charge in [0.1, 0.15) is 11.5 Å². The summed E-state index contributed by atoms with van der Waals surface area (Å²) >= 11 is 0. The number of nitrogens with zero attached hydrogens (tertiary/aromatic N) is 4. The Kier molecular flexibility index (Phi) is 4.52. The lowest BCUT2D eigenvalue weighted by Crippen LogP contribution is -2.13. The number of pyridine rings is 1. The van der Waals surface area contributed by atoms with Gasteiger partial charge in [0.15, 0.2) is 5.82 Å². The number of hydrogen-bond donors (Lipinski definition) is 1. The molecule has 5 rings (SSSR count). The van der Waals surface area contributed by atoms with E-state index >= 15 is 0 Å². The minimum absolute atomic E-state index is 0.222. The number of fused-ring (bicyclic) bond motifs is 2. The van der Waals surface area contributed by atoms with Gasteiger partial charge in [-0.3, -0.25) is 4.79 Å². The fourth-order valence-corrected chi connectivity index (χ4v) is 3.79. The zero-order valence-electron chi connectivity index (χ0n) is 16.0. The smallest absolute Gasteiger partial charge is 0.274 e. The number of aromatic nitrogens is 4. The number of amides is 1. The van der Waals surface area contributed by atoms with Crippen molar-refractivity contribution < 1.29 is 4.79 Å². The third-order valence-corrected chi connectivity index (χ3v) is 5.34. The van der Waals surface area contributed by atoms with Gasteiger partial charge in [0.25, 0.3) is 5.91 Å². The highest BCUT2D eigenvalue weighted by Gasteiger charge is 2.16. The summed E-state index contributed by atoms with van der Waals surface area (Å²) in [4.78, 5) is 17.1. The number of carbonyl (C=O) groups is 1. The van der Waals surface area contributed by atoms with Crippen molar-refractivity contribution in [3.05, 3.63) is 72.2 Å². The summed E-state index contributed by atoms with van der Waals surface area (Å²) in [5.74, 6) is 1.74. The highest BCUT2D eigenvalue weighted by atomic mass is 16.1. The lowest BCUT2D eigenvalue weighted by molar-refractivity contribution is 0.102. The molecule has 29 heavy (non-hydrogen) atoms. The van der Waals surface area contributed by atoms with Crippen LogP contribution >= 0.6 is 0 Å². The normalized spacial score (nSPS) is 13.7. The molecule has 6 nitrogen and oxygen atoms in total. The summed E-state index contributed by atoms with van der Waals surface area (Å²) < 4.78 is 2.22. The molecule has 0 saturated heterocycles. The first-order chi connectivity index (χ1) is 14.3. The van der Waals surface area contributed by atoms with E-state index in [1.165, 1.54) is 12.8 Å². The molecule has 0 fully saturated rings. The molecule has 0 radical (unpaired) electrons. The van der Waals surface area contributed by atoms with Crippen molar-refractivity contribution >= 4 is 22.5 Å². The third-order valence-electron chi connectivity index (χ3n) is 5.34. The van der Waals surface area contributed by atoms with Crippen LogP contribution in [0.4, 0.5) is 5.69 Å². The standard InChI is InChI=1S/C23H21N5O/c29-23(20-14-11-16-6-3-4-7-19(16)25-20)24-18-12-9-17(10-13-18)22-27-26-21-8-2-1-5-15-28(21)22/h3-4,6-7,9-14H,1-2,5,8,15H2,(H,24,29). The SMILES string of the molecule is O=C(Nc1ccc(-c2nnc3n2CCCCC3)cc1)c1ccc2ccccc2n1. The number of para-hydroxylation sites is 1. The Morgan fingerprint density at radius 3 is 2.66 bits per heavy atom. The van der Waals surface area contributed by atoms with E-state index in [-0.39, 0.29) is 5.91 Å². The Morgan fingerprint density at radius 2 is 1.76 bits per heavy atom. The molecule has 144 valence electrons. The zero-order valence-corrected chi connectivity index (χ0v) is 16.0. The van der Waals surface area contributed by atoms with E-state index in [2.05, 4.69) is 25.1 Å². The van der Waals surface area contributed by atoms with Gasteiger partial charge < -0.3 is 9.88 Å². The second kappa shape index (κ2) is 7.47. The summed E-state index contributed by atoms with van der Waals surface area (Å²) in [7, 11) is 0. The van der Waals surface area contributed by atoms with Gasteiger partial charge in [-0.15, -0.1) is 10.2 Å². The first-order valence-electron chi connectivity index (χ1n) is 9.97. The van der Waals surface area contributed by atoms with Crippen molar-refractivity contribution in [1.29, 1.82) is 0 Å². The maximum atomic E-state index is 12.6. The fourth-order valence-electron chi connectivity index (χ4n) is 3.79. The largest absolute Gasteiger partial charge is 0.321 e. The van der Waals surface area contributed by atoms with Crippen LogP contribution in [0.25, 0.3) is 22.3 Å². The first-order valence-corrected chi connectivity index (χ1v) is 9.97. The molecule has 0 aliphatic carbocycles. The average Bonchev–Trinajstić information content (AvgIpc) is 3.02. The molecule has 0 saturated carbocycles.